The molecule has 1 spiro atoms. The van der Waals surface area contributed by atoms with Crippen molar-refractivity contribution in [2.75, 3.05) is 61.1 Å². The van der Waals surface area contributed by atoms with Gasteiger partial charge in [-0.3, -0.25) is 14.7 Å². The largest absolute Gasteiger partial charge is 0.383 e. The predicted octanol–water partition coefficient (Wildman–Crippen LogP) is 4.26. The van der Waals surface area contributed by atoms with Crippen molar-refractivity contribution in [2.45, 2.75) is 44.1 Å². The average Bonchev–Trinajstić information content (AvgIpc) is 3.52. The van der Waals surface area contributed by atoms with Gasteiger partial charge in [0, 0.05) is 56.1 Å². The van der Waals surface area contributed by atoms with Gasteiger partial charge in [-0.1, -0.05) is 0 Å². The number of hydrogen-bond donors (Lipinski definition) is 1. The number of nitrogens with one attached hydrogen (secondary N) is 1. The molecule has 1 amide bonds. The molecule has 0 aliphatic carbocycles. The highest BCUT2D eigenvalue weighted by atomic mass is 19.1. The molecular weight excluding hydrogens is 485 g/mol. The molecule has 0 saturated carbocycles. The van der Waals surface area contributed by atoms with Gasteiger partial charge in [0.1, 0.15) is 11.6 Å². The molecule has 8 nitrogen and oxygen atoms in total. The Morgan fingerprint density at radius 3 is 2.84 bits per heavy atom. The summed E-state index contributed by atoms with van der Waals surface area (Å²) in [6, 6.07) is 6.96. The molecule has 3 fully saturated rings. The molecule has 4 aliphatic rings. The quantitative estimate of drug-likeness (QED) is 0.556. The van der Waals surface area contributed by atoms with E-state index < -0.39 is 0 Å². The lowest BCUT2D eigenvalue weighted by atomic mass is 9.74. The Bertz CT molecular complexity index is 1430. The van der Waals surface area contributed by atoms with Crippen molar-refractivity contribution < 1.29 is 18.7 Å². The van der Waals surface area contributed by atoms with Crippen molar-refractivity contribution in [1.82, 2.24) is 9.97 Å². The molecule has 2 aromatic heterocycles. The minimum absolute atomic E-state index is 0.0672. The van der Waals surface area contributed by atoms with Gasteiger partial charge in [0.15, 0.2) is 0 Å². The van der Waals surface area contributed by atoms with Crippen LogP contribution < -0.4 is 15.1 Å². The minimum Gasteiger partial charge on any atom is -0.383 e. The van der Waals surface area contributed by atoms with Crippen LogP contribution in [0.3, 0.4) is 0 Å². The van der Waals surface area contributed by atoms with Crippen LogP contribution in [0.2, 0.25) is 0 Å². The fourth-order valence-corrected chi connectivity index (χ4v) is 6.72. The fourth-order valence-electron chi connectivity index (χ4n) is 6.72. The number of amides is 1. The van der Waals surface area contributed by atoms with Crippen LogP contribution in [-0.4, -0.2) is 61.9 Å². The normalized spacial score (nSPS) is 25.3. The summed E-state index contributed by atoms with van der Waals surface area (Å²) < 4.78 is 26.2. The number of nitrogens with zero attached hydrogens (tertiary/aromatic N) is 4. The molecule has 0 bridgehead atoms. The Morgan fingerprint density at radius 2 is 2.03 bits per heavy atom. The number of pyridine rings is 2. The van der Waals surface area contributed by atoms with Crippen molar-refractivity contribution in [2.24, 2.45) is 0 Å². The van der Waals surface area contributed by atoms with Crippen LogP contribution in [0, 0.1) is 12.7 Å². The third-order valence-electron chi connectivity index (χ3n) is 8.71. The highest BCUT2D eigenvalue weighted by molar-refractivity contribution is 5.97. The second-order valence-corrected chi connectivity index (χ2v) is 10.9. The molecule has 3 saturated heterocycles. The second-order valence-electron chi connectivity index (χ2n) is 10.9. The number of rotatable bonds is 3. The minimum atomic E-state index is -0.339. The molecule has 38 heavy (non-hydrogen) atoms. The van der Waals surface area contributed by atoms with Gasteiger partial charge < -0.3 is 19.7 Å². The lowest BCUT2D eigenvalue weighted by Crippen LogP contribution is -2.38. The summed E-state index contributed by atoms with van der Waals surface area (Å²) in [6.07, 6.45) is 4.73. The zero-order valence-electron chi connectivity index (χ0n) is 21.6. The molecule has 0 radical (unpaired) electrons. The van der Waals surface area contributed by atoms with E-state index in [2.05, 4.69) is 16.3 Å². The standard InChI is InChI=1S/C29H32FN5O3/c1-18-26(21-5-4-19(30)13-22(21)33-28(18)35-7-2-3-25(35)36)24-15-29(6-10-38-24)17-32-23-14-20(16-31-27(23)29)34-8-11-37-12-9-34/h4-5,13-14,16,24,32H,2-3,6-12,15,17H2,1H3/t24-,29?/m1/s1. The maximum absolute atomic E-state index is 14.3. The molecule has 4 aliphatic heterocycles. The first-order valence-electron chi connectivity index (χ1n) is 13.6. The zero-order chi connectivity index (χ0) is 25.9. The van der Waals surface area contributed by atoms with Gasteiger partial charge in [-0.25, -0.2) is 9.37 Å². The number of fused-ring (bicyclic) bond motifs is 3. The Balaban J connectivity index is 1.27. The van der Waals surface area contributed by atoms with Crippen LogP contribution >= 0.6 is 0 Å². The molecule has 1 aromatic carbocycles. The number of anilines is 3. The van der Waals surface area contributed by atoms with Crippen LogP contribution in [0.4, 0.5) is 21.6 Å². The fraction of sp³-hybridized carbons (Fsp3) is 0.483. The lowest BCUT2D eigenvalue weighted by molar-refractivity contribution is -0.117. The summed E-state index contributed by atoms with van der Waals surface area (Å²) in [5.41, 5.74) is 5.65. The number of carbonyl (C=O) groups is 1. The number of aromatic nitrogens is 2. The summed E-state index contributed by atoms with van der Waals surface area (Å²) >= 11 is 0. The highest BCUT2D eigenvalue weighted by Gasteiger charge is 2.46. The molecule has 9 heteroatoms. The number of hydrogen-bond acceptors (Lipinski definition) is 7. The Morgan fingerprint density at radius 1 is 1.16 bits per heavy atom. The van der Waals surface area contributed by atoms with E-state index in [-0.39, 0.29) is 23.2 Å². The van der Waals surface area contributed by atoms with Crippen molar-refractivity contribution >= 4 is 34.0 Å². The zero-order valence-corrected chi connectivity index (χ0v) is 21.6. The van der Waals surface area contributed by atoms with E-state index in [0.29, 0.717) is 30.9 Å². The van der Waals surface area contributed by atoms with Crippen LogP contribution in [0.25, 0.3) is 10.9 Å². The summed E-state index contributed by atoms with van der Waals surface area (Å²) in [5, 5.41) is 4.52. The summed E-state index contributed by atoms with van der Waals surface area (Å²) in [4.78, 5) is 26.5. The first-order chi connectivity index (χ1) is 18.5. The van der Waals surface area contributed by atoms with Gasteiger partial charge >= 0.3 is 0 Å². The van der Waals surface area contributed by atoms with E-state index in [9.17, 15) is 9.18 Å². The van der Waals surface area contributed by atoms with Gasteiger partial charge in [-0.2, -0.15) is 0 Å². The molecule has 7 rings (SSSR count). The number of benzene rings is 1. The van der Waals surface area contributed by atoms with Crippen LogP contribution in [0.15, 0.2) is 30.5 Å². The molecule has 2 atom stereocenters. The average molecular weight is 518 g/mol. The molecule has 3 aromatic rings. The van der Waals surface area contributed by atoms with E-state index in [4.69, 9.17) is 19.4 Å². The Labute approximate surface area is 221 Å². The van der Waals surface area contributed by atoms with E-state index >= 15 is 0 Å². The van der Waals surface area contributed by atoms with Gasteiger partial charge in [-0.15, -0.1) is 0 Å². The first kappa shape index (κ1) is 23.8. The summed E-state index contributed by atoms with van der Waals surface area (Å²) in [5.74, 6) is 0.355. The SMILES string of the molecule is Cc1c(N2CCCC2=O)nc2cc(F)ccc2c1[C@H]1CC2(CCO1)CNc1cc(N3CCOCC3)cnc12. The van der Waals surface area contributed by atoms with Gasteiger partial charge in [0.2, 0.25) is 5.91 Å². The highest BCUT2D eigenvalue weighted by Crippen LogP contribution is 2.50. The molecule has 6 heterocycles. The third kappa shape index (κ3) is 3.82. The maximum Gasteiger partial charge on any atom is 0.228 e. The maximum atomic E-state index is 14.3. The van der Waals surface area contributed by atoms with Gasteiger partial charge in [-0.05, 0) is 55.5 Å². The molecule has 198 valence electrons. The van der Waals surface area contributed by atoms with Gasteiger partial charge in [0.25, 0.3) is 0 Å². The number of halogens is 1. The predicted molar refractivity (Wildman–Crippen MR) is 143 cm³/mol. The summed E-state index contributed by atoms with van der Waals surface area (Å²) in [7, 11) is 0. The Hall–Kier alpha value is -3.30. The van der Waals surface area contributed by atoms with E-state index in [1.165, 1.54) is 12.1 Å². The van der Waals surface area contributed by atoms with Crippen molar-refractivity contribution in [1.29, 1.82) is 0 Å². The van der Waals surface area contributed by atoms with Crippen LogP contribution in [0.1, 0.15) is 48.6 Å². The second kappa shape index (κ2) is 9.17. The monoisotopic (exact) mass is 517 g/mol. The first-order valence-corrected chi connectivity index (χ1v) is 13.6. The Kier molecular flexibility index (Phi) is 5.74. The molecule has 1 N–H and O–H groups in total. The van der Waals surface area contributed by atoms with E-state index in [1.807, 2.05) is 13.1 Å². The summed E-state index contributed by atoms with van der Waals surface area (Å²) in [6.45, 7) is 7.27. The number of carbonyl (C=O) groups excluding carboxylic acids is 1. The lowest BCUT2D eigenvalue weighted by Gasteiger charge is -2.39. The van der Waals surface area contributed by atoms with Crippen molar-refractivity contribution in [3.8, 4) is 0 Å². The van der Waals surface area contributed by atoms with E-state index in [1.54, 1.807) is 11.0 Å². The molecular formula is C29H32FN5O3. The van der Waals surface area contributed by atoms with E-state index in [0.717, 1.165) is 85.7 Å². The van der Waals surface area contributed by atoms with Crippen molar-refractivity contribution in [3.05, 3.63) is 53.1 Å². The smallest absolute Gasteiger partial charge is 0.228 e. The number of ether oxygens (including phenoxy) is 2. The van der Waals surface area contributed by atoms with Gasteiger partial charge in [0.05, 0.1) is 48.1 Å². The van der Waals surface area contributed by atoms with Crippen LogP contribution in [0.5, 0.6) is 0 Å². The third-order valence-corrected chi connectivity index (χ3v) is 8.71. The number of morpholine rings is 1. The van der Waals surface area contributed by atoms with Crippen LogP contribution in [-0.2, 0) is 19.7 Å². The topological polar surface area (TPSA) is 79.8 Å². The molecule has 1 unspecified atom stereocenters. The van der Waals surface area contributed by atoms with Crippen molar-refractivity contribution in [3.63, 3.8) is 0 Å².